The molecular formula is C22H25IO2. The summed E-state index contributed by atoms with van der Waals surface area (Å²) in [6.45, 7) is 3.17. The molecule has 0 unspecified atom stereocenters. The maximum atomic E-state index is 8.74. The highest BCUT2D eigenvalue weighted by Gasteiger charge is 1.98. The molecule has 0 saturated heterocycles. The maximum Gasteiger partial charge on any atom is 0.119 e. The van der Waals surface area contributed by atoms with E-state index in [-0.39, 0.29) is 6.61 Å². The van der Waals surface area contributed by atoms with Crippen molar-refractivity contribution >= 4 is 22.6 Å². The fourth-order valence-corrected chi connectivity index (χ4v) is 3.18. The minimum atomic E-state index is 0.283. The van der Waals surface area contributed by atoms with Crippen molar-refractivity contribution in [3.63, 3.8) is 0 Å². The second-order valence-electron chi connectivity index (χ2n) is 5.92. The lowest BCUT2D eigenvalue weighted by Crippen LogP contribution is -1.97. The predicted octanol–water partition coefficient (Wildman–Crippen LogP) is 5.18. The summed E-state index contributed by atoms with van der Waals surface area (Å²) in [7, 11) is 0. The van der Waals surface area contributed by atoms with Crippen molar-refractivity contribution < 1.29 is 9.84 Å². The van der Waals surface area contributed by atoms with E-state index in [0.29, 0.717) is 0 Å². The Balaban J connectivity index is 1.86. The SMILES string of the molecule is CCc1cc(C#Cc2ccc(OCCCCCCO)cc2)ccc1I. The first kappa shape index (κ1) is 19.8. The van der Waals surface area contributed by atoms with Gasteiger partial charge in [0.25, 0.3) is 0 Å². The zero-order valence-electron chi connectivity index (χ0n) is 14.7. The van der Waals surface area contributed by atoms with Crippen LogP contribution in [0.15, 0.2) is 42.5 Å². The molecule has 0 aliphatic heterocycles. The Kier molecular flexibility index (Phi) is 8.85. The van der Waals surface area contributed by atoms with E-state index in [2.05, 4.69) is 59.6 Å². The van der Waals surface area contributed by atoms with E-state index in [1.807, 2.05) is 24.3 Å². The number of halogens is 1. The van der Waals surface area contributed by atoms with Gasteiger partial charge in [-0.2, -0.15) is 0 Å². The molecule has 0 aliphatic carbocycles. The van der Waals surface area contributed by atoms with E-state index in [1.54, 1.807) is 0 Å². The van der Waals surface area contributed by atoms with Gasteiger partial charge in [-0.3, -0.25) is 0 Å². The first-order valence-electron chi connectivity index (χ1n) is 8.87. The number of rotatable bonds is 8. The number of benzene rings is 2. The van der Waals surface area contributed by atoms with Crippen LogP contribution in [0.25, 0.3) is 0 Å². The molecule has 0 saturated carbocycles. The van der Waals surface area contributed by atoms with Gasteiger partial charge in [-0.1, -0.05) is 25.2 Å². The molecule has 1 N–H and O–H groups in total. The van der Waals surface area contributed by atoms with Gasteiger partial charge in [-0.15, -0.1) is 0 Å². The molecule has 2 aromatic carbocycles. The van der Waals surface area contributed by atoms with Crippen LogP contribution < -0.4 is 4.74 Å². The smallest absolute Gasteiger partial charge is 0.119 e. The van der Waals surface area contributed by atoms with Crippen molar-refractivity contribution in [3.05, 3.63) is 62.7 Å². The van der Waals surface area contributed by atoms with Crippen LogP contribution in [0.5, 0.6) is 5.75 Å². The van der Waals surface area contributed by atoms with Crippen LogP contribution in [-0.2, 0) is 6.42 Å². The molecule has 0 aromatic heterocycles. The van der Waals surface area contributed by atoms with Gasteiger partial charge in [0.1, 0.15) is 5.75 Å². The lowest BCUT2D eigenvalue weighted by molar-refractivity contribution is 0.273. The molecule has 0 bridgehead atoms. The van der Waals surface area contributed by atoms with Gasteiger partial charge in [0, 0.05) is 21.3 Å². The highest BCUT2D eigenvalue weighted by atomic mass is 127. The monoisotopic (exact) mass is 448 g/mol. The van der Waals surface area contributed by atoms with Crippen LogP contribution in [0.2, 0.25) is 0 Å². The molecule has 2 nitrogen and oxygen atoms in total. The molecule has 132 valence electrons. The van der Waals surface area contributed by atoms with E-state index in [1.165, 1.54) is 9.13 Å². The van der Waals surface area contributed by atoms with Crippen molar-refractivity contribution in [3.8, 4) is 17.6 Å². The minimum Gasteiger partial charge on any atom is -0.494 e. The van der Waals surface area contributed by atoms with Gasteiger partial charge in [0.05, 0.1) is 6.61 Å². The Bertz CT molecular complexity index is 711. The zero-order chi connectivity index (χ0) is 17.9. The number of unbranched alkanes of at least 4 members (excludes halogenated alkanes) is 3. The van der Waals surface area contributed by atoms with Crippen LogP contribution in [-0.4, -0.2) is 18.3 Å². The Labute approximate surface area is 164 Å². The maximum absolute atomic E-state index is 8.74. The quantitative estimate of drug-likeness (QED) is 0.343. The average molecular weight is 448 g/mol. The molecule has 0 heterocycles. The summed E-state index contributed by atoms with van der Waals surface area (Å²) in [5, 5.41) is 8.74. The van der Waals surface area contributed by atoms with Crippen molar-refractivity contribution in [2.45, 2.75) is 39.0 Å². The molecule has 0 atom stereocenters. The van der Waals surface area contributed by atoms with Crippen LogP contribution in [0.1, 0.15) is 49.3 Å². The third-order valence-electron chi connectivity index (χ3n) is 3.95. The third-order valence-corrected chi connectivity index (χ3v) is 5.01. The van der Waals surface area contributed by atoms with Crippen molar-refractivity contribution in [2.75, 3.05) is 13.2 Å². The van der Waals surface area contributed by atoms with Crippen molar-refractivity contribution in [1.29, 1.82) is 0 Å². The number of hydrogen-bond donors (Lipinski definition) is 1. The lowest BCUT2D eigenvalue weighted by atomic mass is 10.1. The van der Waals surface area contributed by atoms with Gasteiger partial charge in [0.15, 0.2) is 0 Å². The molecule has 0 fully saturated rings. The standard InChI is InChI=1S/C22H25IO2/c1-2-20-17-19(11-14-22(20)23)8-7-18-9-12-21(13-10-18)25-16-6-4-3-5-15-24/h9-14,17,24H,2-6,15-16H2,1H3. The Hall–Kier alpha value is -1.51. The number of hydrogen-bond acceptors (Lipinski definition) is 2. The second kappa shape index (κ2) is 11.2. The largest absolute Gasteiger partial charge is 0.494 e. The molecule has 2 aromatic rings. The number of aliphatic hydroxyl groups is 1. The first-order valence-corrected chi connectivity index (χ1v) is 9.95. The average Bonchev–Trinajstić information content (AvgIpc) is 2.65. The highest BCUT2D eigenvalue weighted by molar-refractivity contribution is 14.1. The summed E-state index contributed by atoms with van der Waals surface area (Å²) < 4.78 is 7.03. The van der Waals surface area contributed by atoms with Crippen LogP contribution in [0, 0.1) is 15.4 Å². The first-order chi connectivity index (χ1) is 12.2. The number of ether oxygens (including phenoxy) is 1. The van der Waals surface area contributed by atoms with Crippen molar-refractivity contribution in [2.24, 2.45) is 0 Å². The normalized spacial score (nSPS) is 10.2. The molecule has 25 heavy (non-hydrogen) atoms. The Morgan fingerprint density at radius 3 is 2.32 bits per heavy atom. The van der Waals surface area contributed by atoms with Gasteiger partial charge in [-0.05, 0) is 96.3 Å². The molecule has 2 rings (SSSR count). The lowest BCUT2D eigenvalue weighted by Gasteiger charge is -2.05. The van der Waals surface area contributed by atoms with Gasteiger partial charge in [0.2, 0.25) is 0 Å². The summed E-state index contributed by atoms with van der Waals surface area (Å²) in [6.07, 6.45) is 5.09. The molecular weight excluding hydrogens is 423 g/mol. The fourth-order valence-electron chi connectivity index (χ4n) is 2.46. The molecule has 3 heteroatoms. The topological polar surface area (TPSA) is 29.5 Å². The van der Waals surface area contributed by atoms with E-state index in [0.717, 1.165) is 55.6 Å². The Morgan fingerprint density at radius 1 is 0.920 bits per heavy atom. The van der Waals surface area contributed by atoms with Crippen LogP contribution >= 0.6 is 22.6 Å². The summed E-state index contributed by atoms with van der Waals surface area (Å²) in [6, 6.07) is 14.3. The highest BCUT2D eigenvalue weighted by Crippen LogP contribution is 2.15. The summed E-state index contributed by atoms with van der Waals surface area (Å²) in [5.41, 5.74) is 3.39. The fraction of sp³-hybridized carbons (Fsp3) is 0.364. The van der Waals surface area contributed by atoms with Gasteiger partial charge in [-0.25, -0.2) is 0 Å². The van der Waals surface area contributed by atoms with Crippen LogP contribution in [0.4, 0.5) is 0 Å². The minimum absolute atomic E-state index is 0.283. The summed E-state index contributed by atoms with van der Waals surface area (Å²) >= 11 is 2.37. The van der Waals surface area contributed by atoms with E-state index >= 15 is 0 Å². The van der Waals surface area contributed by atoms with E-state index in [4.69, 9.17) is 9.84 Å². The van der Waals surface area contributed by atoms with Crippen LogP contribution in [0.3, 0.4) is 0 Å². The molecule has 0 spiro atoms. The van der Waals surface area contributed by atoms with Gasteiger partial charge < -0.3 is 9.84 Å². The Morgan fingerprint density at radius 2 is 1.60 bits per heavy atom. The summed E-state index contributed by atoms with van der Waals surface area (Å²) in [5.74, 6) is 7.34. The third kappa shape index (κ3) is 7.09. The predicted molar refractivity (Wildman–Crippen MR) is 112 cm³/mol. The number of aliphatic hydroxyl groups excluding tert-OH is 1. The van der Waals surface area contributed by atoms with Crippen molar-refractivity contribution in [1.82, 2.24) is 0 Å². The van der Waals surface area contributed by atoms with Gasteiger partial charge >= 0.3 is 0 Å². The zero-order valence-corrected chi connectivity index (χ0v) is 16.9. The van der Waals surface area contributed by atoms with E-state index in [9.17, 15) is 0 Å². The molecule has 0 aliphatic rings. The molecule has 0 amide bonds. The van der Waals surface area contributed by atoms with E-state index < -0.39 is 0 Å². The second-order valence-corrected chi connectivity index (χ2v) is 7.08. The summed E-state index contributed by atoms with van der Waals surface area (Å²) in [4.78, 5) is 0. The molecule has 0 radical (unpaired) electrons. The number of aryl methyl sites for hydroxylation is 1.